The second-order valence-corrected chi connectivity index (χ2v) is 11.2. The minimum atomic E-state index is -0.476. The summed E-state index contributed by atoms with van der Waals surface area (Å²) >= 11 is 0. The van der Waals surface area contributed by atoms with Crippen LogP contribution in [0.3, 0.4) is 0 Å². The van der Waals surface area contributed by atoms with Gasteiger partial charge in [-0.2, -0.15) is 5.26 Å². The lowest BCUT2D eigenvalue weighted by Gasteiger charge is -2.56. The molecule has 0 aliphatic heterocycles. The maximum Gasteiger partial charge on any atom is 0.269 e. The number of hydrogen-bond acceptors (Lipinski definition) is 7. The fourth-order valence-electron chi connectivity index (χ4n) is 5.16. The Morgan fingerprint density at radius 3 is 2.29 bits per heavy atom. The lowest BCUT2D eigenvalue weighted by molar-refractivity contribution is -0.233. The Labute approximate surface area is 206 Å². The Morgan fingerprint density at radius 2 is 1.76 bits per heavy atom. The maximum absolute atomic E-state index is 12.8. The van der Waals surface area contributed by atoms with E-state index in [4.69, 9.17) is 23.8 Å². The number of likely N-dealkylation sites (N-methyl/N-ethyl adjacent to an activating group) is 1. The summed E-state index contributed by atoms with van der Waals surface area (Å²) in [6, 6.07) is 2.34. The first kappa shape index (κ1) is 30.5. The molecule has 0 N–H and O–H groups in total. The minimum Gasteiger partial charge on any atom is -0.359 e. The van der Waals surface area contributed by atoms with Crippen LogP contribution in [0.5, 0.6) is 0 Å². The molecule has 1 unspecified atom stereocenters. The predicted octanol–water partition coefficient (Wildman–Crippen LogP) is 4.70. The van der Waals surface area contributed by atoms with E-state index in [1.165, 1.54) is 5.06 Å². The molecule has 1 aliphatic carbocycles. The molecule has 34 heavy (non-hydrogen) atoms. The zero-order valence-corrected chi connectivity index (χ0v) is 22.8. The van der Waals surface area contributed by atoms with E-state index in [0.717, 1.165) is 12.8 Å². The molecule has 1 fully saturated rings. The lowest BCUT2D eigenvalue weighted by Crippen LogP contribution is -2.58. The molecule has 1 saturated carbocycles. The van der Waals surface area contributed by atoms with Crippen LogP contribution in [0.2, 0.25) is 0 Å². The van der Waals surface area contributed by atoms with Crippen LogP contribution in [0.15, 0.2) is 12.2 Å². The number of rotatable bonds is 12. The topological polar surface area (TPSA) is 90.2 Å². The lowest BCUT2D eigenvalue weighted by atomic mass is 9.53. The highest BCUT2D eigenvalue weighted by atomic mass is 16.7. The molecule has 8 nitrogen and oxygen atoms in total. The Bertz CT molecular complexity index is 711. The number of methoxy groups -OCH3 is 2. The van der Waals surface area contributed by atoms with Gasteiger partial charge in [-0.05, 0) is 63.7 Å². The Morgan fingerprint density at radius 1 is 1.18 bits per heavy atom. The van der Waals surface area contributed by atoms with Gasteiger partial charge in [0, 0.05) is 33.3 Å². The Hall–Kier alpha value is -1.50. The molecule has 0 radical (unpaired) electrons. The second-order valence-electron chi connectivity index (χ2n) is 11.2. The van der Waals surface area contributed by atoms with Crippen molar-refractivity contribution in [3.8, 4) is 6.07 Å². The zero-order valence-electron chi connectivity index (χ0n) is 22.8. The van der Waals surface area contributed by atoms with Crippen LogP contribution >= 0.6 is 0 Å². The van der Waals surface area contributed by atoms with Gasteiger partial charge in [-0.1, -0.05) is 26.8 Å². The highest BCUT2D eigenvalue weighted by Gasteiger charge is 2.55. The standard InChI is InChI=1S/C26H46N2O6/c1-19(16-27)11-12-21-25(5,6)23(33-18-31-10)20(32-17-30-9)15-26(21,7)14-13-22(29)28(8)34-24(2,3)4/h13-14,19-21,23H,11-12,15,17-18H2,1-10H3/b14-13-/t19?,20-,21+,23+,26+/m0/s1. The first-order valence-corrected chi connectivity index (χ1v) is 12.0. The van der Waals surface area contributed by atoms with Gasteiger partial charge in [0.15, 0.2) is 0 Å². The summed E-state index contributed by atoms with van der Waals surface area (Å²) in [5, 5.41) is 10.6. The molecular formula is C26H46N2O6. The van der Waals surface area contributed by atoms with E-state index in [1.54, 1.807) is 27.3 Å². The van der Waals surface area contributed by atoms with Gasteiger partial charge in [-0.3, -0.25) is 9.63 Å². The summed E-state index contributed by atoms with van der Waals surface area (Å²) in [5.41, 5.74) is -1.20. The van der Waals surface area contributed by atoms with Gasteiger partial charge in [0.1, 0.15) is 13.6 Å². The van der Waals surface area contributed by atoms with Crippen LogP contribution < -0.4 is 0 Å². The molecule has 0 saturated heterocycles. The largest absolute Gasteiger partial charge is 0.359 e. The SMILES string of the molecule is COCO[C@H]1C[C@@](C)(/C=C\C(=O)N(C)OC(C)(C)C)[C@H](CCC(C)C#N)C(C)(C)[C@@H]1OCOC. The fourth-order valence-corrected chi connectivity index (χ4v) is 5.16. The smallest absolute Gasteiger partial charge is 0.269 e. The number of carbonyl (C=O) groups is 1. The van der Waals surface area contributed by atoms with Crippen molar-refractivity contribution in [3.05, 3.63) is 12.2 Å². The number of allylic oxidation sites excluding steroid dienone is 1. The van der Waals surface area contributed by atoms with E-state index in [1.807, 2.05) is 33.8 Å². The number of carbonyl (C=O) groups excluding carboxylic acids is 1. The molecule has 0 aromatic heterocycles. The fraction of sp³-hybridized carbons (Fsp3) is 0.846. The normalized spacial score (nSPS) is 28.0. The summed E-state index contributed by atoms with van der Waals surface area (Å²) in [7, 11) is 4.81. The maximum atomic E-state index is 12.8. The monoisotopic (exact) mass is 482 g/mol. The number of hydrogen-bond donors (Lipinski definition) is 0. The van der Waals surface area contributed by atoms with Crippen molar-refractivity contribution in [1.82, 2.24) is 5.06 Å². The summed E-state index contributed by atoms with van der Waals surface area (Å²) in [6.45, 7) is 14.4. The molecular weight excluding hydrogens is 436 g/mol. The average Bonchev–Trinajstić information content (AvgIpc) is 2.73. The van der Waals surface area contributed by atoms with Crippen LogP contribution in [-0.4, -0.2) is 63.6 Å². The molecule has 196 valence electrons. The van der Waals surface area contributed by atoms with E-state index in [0.29, 0.717) is 6.42 Å². The summed E-state index contributed by atoms with van der Waals surface area (Å²) in [4.78, 5) is 18.5. The molecule has 8 heteroatoms. The van der Waals surface area contributed by atoms with Gasteiger partial charge >= 0.3 is 0 Å². The third-order valence-electron chi connectivity index (χ3n) is 6.61. The van der Waals surface area contributed by atoms with Gasteiger partial charge < -0.3 is 18.9 Å². The van der Waals surface area contributed by atoms with E-state index in [2.05, 4.69) is 26.8 Å². The number of amides is 1. The number of ether oxygens (including phenoxy) is 4. The second kappa shape index (κ2) is 13.0. The van der Waals surface area contributed by atoms with E-state index >= 15 is 0 Å². The highest BCUT2D eigenvalue weighted by molar-refractivity contribution is 5.86. The summed E-state index contributed by atoms with van der Waals surface area (Å²) in [6.07, 6.45) is 5.28. The Balaban J connectivity index is 3.34. The molecule has 5 atom stereocenters. The third kappa shape index (κ3) is 8.62. The molecule has 1 rings (SSSR count). The molecule has 0 spiro atoms. The first-order chi connectivity index (χ1) is 15.7. The minimum absolute atomic E-state index is 0.0576. The molecule has 0 aromatic rings. The molecule has 0 heterocycles. The molecule has 0 bridgehead atoms. The van der Waals surface area contributed by atoms with Gasteiger partial charge in [0.05, 0.1) is 23.9 Å². The van der Waals surface area contributed by atoms with Gasteiger partial charge in [-0.15, -0.1) is 0 Å². The van der Waals surface area contributed by atoms with Gasteiger partial charge in [0.25, 0.3) is 5.91 Å². The highest BCUT2D eigenvalue weighted by Crippen LogP contribution is 2.55. The third-order valence-corrected chi connectivity index (χ3v) is 6.61. The molecule has 1 aliphatic rings. The van der Waals surface area contributed by atoms with Crippen molar-refractivity contribution in [2.24, 2.45) is 22.7 Å². The van der Waals surface area contributed by atoms with Crippen molar-refractivity contribution < 1.29 is 28.6 Å². The van der Waals surface area contributed by atoms with E-state index in [-0.39, 0.29) is 54.4 Å². The van der Waals surface area contributed by atoms with Crippen LogP contribution in [0.1, 0.15) is 67.7 Å². The zero-order chi connectivity index (χ0) is 26.2. The number of nitriles is 1. The Kier molecular flexibility index (Phi) is 11.7. The summed E-state index contributed by atoms with van der Waals surface area (Å²) in [5.74, 6) is -0.166. The summed E-state index contributed by atoms with van der Waals surface area (Å²) < 4.78 is 22.6. The van der Waals surface area contributed by atoms with Crippen molar-refractivity contribution in [2.75, 3.05) is 34.9 Å². The van der Waals surface area contributed by atoms with Crippen molar-refractivity contribution in [2.45, 2.75) is 85.5 Å². The van der Waals surface area contributed by atoms with Gasteiger partial charge in [-0.25, -0.2) is 5.06 Å². The number of nitrogens with zero attached hydrogens (tertiary/aromatic N) is 2. The van der Waals surface area contributed by atoms with Crippen molar-refractivity contribution in [3.63, 3.8) is 0 Å². The van der Waals surface area contributed by atoms with Crippen LogP contribution in [-0.2, 0) is 28.6 Å². The van der Waals surface area contributed by atoms with E-state index < -0.39 is 5.60 Å². The number of hydroxylamine groups is 2. The van der Waals surface area contributed by atoms with E-state index in [9.17, 15) is 10.1 Å². The van der Waals surface area contributed by atoms with Gasteiger partial charge in [0.2, 0.25) is 0 Å². The predicted molar refractivity (Wildman–Crippen MR) is 130 cm³/mol. The molecule has 0 aromatic carbocycles. The van der Waals surface area contributed by atoms with Crippen molar-refractivity contribution in [1.29, 1.82) is 5.26 Å². The van der Waals surface area contributed by atoms with Crippen molar-refractivity contribution >= 4 is 5.91 Å². The first-order valence-electron chi connectivity index (χ1n) is 12.0. The van der Waals surface area contributed by atoms with Crippen LogP contribution in [0, 0.1) is 34.0 Å². The average molecular weight is 483 g/mol. The van der Waals surface area contributed by atoms with Crippen LogP contribution in [0.25, 0.3) is 0 Å². The molecule has 1 amide bonds. The van der Waals surface area contributed by atoms with Crippen LogP contribution in [0.4, 0.5) is 0 Å². The quantitative estimate of drug-likeness (QED) is 0.226.